The number of thioether (sulfide) groups is 1. The highest BCUT2D eigenvalue weighted by Gasteiger charge is 2.09. The Balaban J connectivity index is 2.42. The molecule has 0 fully saturated rings. The standard InChI is InChI=1S/C9H17N3OS/c1-3-12-9(10-7-11-12)5-8(13)6-14-4-2/h7-8,13H,3-6H2,1-2H3. The van der Waals surface area contributed by atoms with Gasteiger partial charge in [-0.1, -0.05) is 6.92 Å². The van der Waals surface area contributed by atoms with Gasteiger partial charge >= 0.3 is 0 Å². The molecule has 80 valence electrons. The first-order chi connectivity index (χ1) is 6.77. The van der Waals surface area contributed by atoms with Gasteiger partial charge in [0.05, 0.1) is 6.10 Å². The molecule has 1 heterocycles. The number of aromatic nitrogens is 3. The first-order valence-corrected chi connectivity index (χ1v) is 6.05. The third-order valence-electron chi connectivity index (χ3n) is 1.93. The van der Waals surface area contributed by atoms with Gasteiger partial charge in [0.25, 0.3) is 0 Å². The molecule has 0 saturated carbocycles. The predicted octanol–water partition coefficient (Wildman–Crippen LogP) is 0.954. The van der Waals surface area contributed by atoms with E-state index in [4.69, 9.17) is 0 Å². The summed E-state index contributed by atoms with van der Waals surface area (Å²) >= 11 is 1.74. The van der Waals surface area contributed by atoms with E-state index in [2.05, 4.69) is 17.0 Å². The molecule has 1 N–H and O–H groups in total. The average molecular weight is 215 g/mol. The monoisotopic (exact) mass is 215 g/mol. The fourth-order valence-corrected chi connectivity index (χ4v) is 1.86. The first-order valence-electron chi connectivity index (χ1n) is 4.90. The summed E-state index contributed by atoms with van der Waals surface area (Å²) in [4.78, 5) is 4.12. The third-order valence-corrected chi connectivity index (χ3v) is 2.96. The molecular formula is C9H17N3OS. The van der Waals surface area contributed by atoms with E-state index < -0.39 is 0 Å². The second kappa shape index (κ2) is 6.03. The molecule has 1 atom stereocenters. The van der Waals surface area contributed by atoms with Crippen LogP contribution in [0, 0.1) is 0 Å². The van der Waals surface area contributed by atoms with Gasteiger partial charge in [0, 0.05) is 18.7 Å². The molecule has 1 aromatic rings. The summed E-state index contributed by atoms with van der Waals surface area (Å²) in [6.45, 7) is 4.92. The smallest absolute Gasteiger partial charge is 0.138 e. The van der Waals surface area contributed by atoms with E-state index in [1.165, 1.54) is 0 Å². The highest BCUT2D eigenvalue weighted by atomic mass is 32.2. The van der Waals surface area contributed by atoms with Crippen molar-refractivity contribution < 1.29 is 5.11 Å². The second-order valence-electron chi connectivity index (χ2n) is 3.01. The van der Waals surface area contributed by atoms with Crippen LogP contribution < -0.4 is 0 Å². The average Bonchev–Trinajstić information content (AvgIpc) is 2.62. The molecule has 1 unspecified atom stereocenters. The van der Waals surface area contributed by atoms with Crippen molar-refractivity contribution in [3.8, 4) is 0 Å². The quantitative estimate of drug-likeness (QED) is 0.768. The molecule has 1 rings (SSSR count). The van der Waals surface area contributed by atoms with Gasteiger partial charge in [-0.3, -0.25) is 4.68 Å². The van der Waals surface area contributed by atoms with Gasteiger partial charge in [0.2, 0.25) is 0 Å². The molecule has 0 aromatic carbocycles. The molecule has 0 spiro atoms. The zero-order chi connectivity index (χ0) is 10.4. The topological polar surface area (TPSA) is 50.9 Å². The number of aryl methyl sites for hydroxylation is 1. The van der Waals surface area contributed by atoms with Crippen molar-refractivity contribution in [2.45, 2.75) is 32.9 Å². The predicted molar refractivity (Wildman–Crippen MR) is 58.4 cm³/mol. The van der Waals surface area contributed by atoms with Gasteiger partial charge < -0.3 is 5.11 Å². The number of nitrogens with zero attached hydrogens (tertiary/aromatic N) is 3. The van der Waals surface area contributed by atoms with Crippen LogP contribution in [0.3, 0.4) is 0 Å². The molecular weight excluding hydrogens is 198 g/mol. The van der Waals surface area contributed by atoms with Gasteiger partial charge in [-0.05, 0) is 12.7 Å². The zero-order valence-corrected chi connectivity index (χ0v) is 9.50. The second-order valence-corrected chi connectivity index (χ2v) is 4.33. The Bertz CT molecular complexity index is 264. The van der Waals surface area contributed by atoms with Crippen LogP contribution in [0.2, 0.25) is 0 Å². The van der Waals surface area contributed by atoms with Gasteiger partial charge in [-0.25, -0.2) is 4.98 Å². The van der Waals surface area contributed by atoms with Gasteiger partial charge in [-0.2, -0.15) is 16.9 Å². The van der Waals surface area contributed by atoms with Crippen molar-refractivity contribution in [1.82, 2.24) is 14.8 Å². The maximum Gasteiger partial charge on any atom is 0.138 e. The van der Waals surface area contributed by atoms with Crippen molar-refractivity contribution in [3.05, 3.63) is 12.2 Å². The van der Waals surface area contributed by atoms with E-state index >= 15 is 0 Å². The minimum Gasteiger partial charge on any atom is -0.392 e. The maximum absolute atomic E-state index is 9.67. The Morgan fingerprint density at radius 3 is 3.00 bits per heavy atom. The van der Waals surface area contributed by atoms with Crippen molar-refractivity contribution in [1.29, 1.82) is 0 Å². The van der Waals surface area contributed by atoms with Crippen LogP contribution >= 0.6 is 11.8 Å². The molecule has 0 bridgehead atoms. The minimum absolute atomic E-state index is 0.311. The summed E-state index contributed by atoms with van der Waals surface area (Å²) in [5.41, 5.74) is 0. The lowest BCUT2D eigenvalue weighted by Gasteiger charge is -2.09. The van der Waals surface area contributed by atoms with Crippen LogP contribution in [-0.4, -0.2) is 37.5 Å². The van der Waals surface area contributed by atoms with E-state index in [1.807, 2.05) is 11.6 Å². The Kier molecular flexibility index (Phi) is 4.97. The lowest BCUT2D eigenvalue weighted by Crippen LogP contribution is -2.17. The van der Waals surface area contributed by atoms with Crippen LogP contribution in [0.1, 0.15) is 19.7 Å². The first kappa shape index (κ1) is 11.5. The number of rotatable bonds is 6. The SMILES string of the molecule is CCSCC(O)Cc1ncnn1CC. The molecule has 1 aromatic heterocycles. The van der Waals surface area contributed by atoms with Crippen LogP contribution in [0.25, 0.3) is 0 Å². The minimum atomic E-state index is -0.311. The summed E-state index contributed by atoms with van der Waals surface area (Å²) in [5.74, 6) is 2.68. The molecule has 0 aliphatic heterocycles. The van der Waals surface area contributed by atoms with Crippen molar-refractivity contribution in [2.75, 3.05) is 11.5 Å². The highest BCUT2D eigenvalue weighted by Crippen LogP contribution is 2.06. The fourth-order valence-electron chi connectivity index (χ4n) is 1.23. The molecule has 4 nitrogen and oxygen atoms in total. The summed E-state index contributed by atoms with van der Waals surface area (Å²) in [6, 6.07) is 0. The van der Waals surface area contributed by atoms with Crippen LogP contribution in [0.4, 0.5) is 0 Å². The molecule has 0 amide bonds. The summed E-state index contributed by atoms with van der Waals surface area (Å²) in [5, 5.41) is 13.7. The normalized spacial score (nSPS) is 13.1. The maximum atomic E-state index is 9.67. The molecule has 14 heavy (non-hydrogen) atoms. The van der Waals surface area contributed by atoms with Crippen molar-refractivity contribution in [2.24, 2.45) is 0 Å². The molecule has 0 aliphatic rings. The van der Waals surface area contributed by atoms with Gasteiger partial charge in [-0.15, -0.1) is 0 Å². The number of aliphatic hydroxyl groups excluding tert-OH is 1. The Morgan fingerprint density at radius 1 is 1.57 bits per heavy atom. The van der Waals surface area contributed by atoms with E-state index in [0.29, 0.717) is 6.42 Å². The Labute approximate surface area is 88.7 Å². The van der Waals surface area contributed by atoms with Crippen molar-refractivity contribution in [3.63, 3.8) is 0 Å². The van der Waals surface area contributed by atoms with Crippen LogP contribution in [-0.2, 0) is 13.0 Å². The zero-order valence-electron chi connectivity index (χ0n) is 8.68. The number of hydrogen-bond donors (Lipinski definition) is 1. The van der Waals surface area contributed by atoms with E-state index in [1.54, 1.807) is 18.1 Å². The molecule has 5 heteroatoms. The number of aliphatic hydroxyl groups is 1. The van der Waals surface area contributed by atoms with E-state index in [-0.39, 0.29) is 6.10 Å². The summed E-state index contributed by atoms with van der Waals surface area (Å²) in [7, 11) is 0. The molecule has 0 radical (unpaired) electrons. The Hall–Kier alpha value is -0.550. The molecule has 0 saturated heterocycles. The number of hydrogen-bond acceptors (Lipinski definition) is 4. The van der Waals surface area contributed by atoms with Crippen LogP contribution in [0.5, 0.6) is 0 Å². The summed E-state index contributed by atoms with van der Waals surface area (Å²) in [6.07, 6.45) is 1.83. The van der Waals surface area contributed by atoms with Gasteiger partial charge in [0.15, 0.2) is 0 Å². The van der Waals surface area contributed by atoms with Crippen LogP contribution in [0.15, 0.2) is 6.33 Å². The lowest BCUT2D eigenvalue weighted by molar-refractivity contribution is 0.195. The van der Waals surface area contributed by atoms with E-state index in [9.17, 15) is 5.11 Å². The van der Waals surface area contributed by atoms with Gasteiger partial charge in [0.1, 0.15) is 12.2 Å². The lowest BCUT2D eigenvalue weighted by atomic mass is 10.3. The highest BCUT2D eigenvalue weighted by molar-refractivity contribution is 7.99. The third kappa shape index (κ3) is 3.31. The fraction of sp³-hybridized carbons (Fsp3) is 0.778. The summed E-state index contributed by atoms with van der Waals surface area (Å²) < 4.78 is 1.82. The van der Waals surface area contributed by atoms with Crippen molar-refractivity contribution >= 4 is 11.8 Å². The molecule has 0 aliphatic carbocycles. The van der Waals surface area contributed by atoms with E-state index in [0.717, 1.165) is 23.9 Å². The largest absolute Gasteiger partial charge is 0.392 e. The Morgan fingerprint density at radius 2 is 2.36 bits per heavy atom.